The van der Waals surface area contributed by atoms with Crippen molar-refractivity contribution in [2.75, 3.05) is 6.54 Å². The lowest BCUT2D eigenvalue weighted by Gasteiger charge is -2.31. The molecule has 0 spiro atoms. The summed E-state index contributed by atoms with van der Waals surface area (Å²) in [6.45, 7) is 3.09. The first-order valence-electron chi connectivity index (χ1n) is 7.32. The molecule has 2 fully saturated rings. The molecule has 98 valence electrons. The van der Waals surface area contributed by atoms with Crippen molar-refractivity contribution in [1.29, 1.82) is 0 Å². The van der Waals surface area contributed by atoms with Gasteiger partial charge in [-0.1, -0.05) is 26.2 Å². The van der Waals surface area contributed by atoms with Crippen LogP contribution in [0.1, 0.15) is 58.3 Å². The third-order valence-corrected chi connectivity index (χ3v) is 4.14. The molecule has 17 heavy (non-hydrogen) atoms. The Kier molecular flexibility index (Phi) is 4.84. The lowest BCUT2D eigenvalue weighted by atomic mass is 9.83. The van der Waals surface area contributed by atoms with Crippen LogP contribution in [0.4, 0.5) is 0 Å². The van der Waals surface area contributed by atoms with Crippen molar-refractivity contribution in [1.82, 2.24) is 10.6 Å². The molecule has 0 aliphatic heterocycles. The largest absolute Gasteiger partial charge is 0.353 e. The Morgan fingerprint density at radius 3 is 2.65 bits per heavy atom. The highest BCUT2D eigenvalue weighted by Crippen LogP contribution is 2.26. The van der Waals surface area contributed by atoms with Crippen molar-refractivity contribution in [3.63, 3.8) is 0 Å². The van der Waals surface area contributed by atoms with Gasteiger partial charge >= 0.3 is 0 Å². The Morgan fingerprint density at radius 2 is 1.94 bits per heavy atom. The standard InChI is InChI=1S/C14H26N2O/c1-2-11-5-3-4-6-13(11)16-14(17)9-10-15-12-7-8-12/h11-13,15H,2-10H2,1H3,(H,16,17). The first kappa shape index (κ1) is 12.9. The number of hydrogen-bond donors (Lipinski definition) is 2. The Morgan fingerprint density at radius 1 is 1.18 bits per heavy atom. The van der Waals surface area contributed by atoms with E-state index in [0.29, 0.717) is 24.4 Å². The average Bonchev–Trinajstić information content (AvgIpc) is 3.14. The SMILES string of the molecule is CCC1CCCCC1NC(=O)CCNC1CC1. The van der Waals surface area contributed by atoms with Gasteiger partial charge in [-0.3, -0.25) is 4.79 Å². The van der Waals surface area contributed by atoms with Gasteiger partial charge in [0.05, 0.1) is 0 Å². The van der Waals surface area contributed by atoms with Crippen molar-refractivity contribution in [3.8, 4) is 0 Å². The van der Waals surface area contributed by atoms with Crippen LogP contribution in [-0.2, 0) is 4.79 Å². The van der Waals surface area contributed by atoms with E-state index in [4.69, 9.17) is 0 Å². The van der Waals surface area contributed by atoms with E-state index in [9.17, 15) is 4.79 Å². The molecular formula is C14H26N2O. The summed E-state index contributed by atoms with van der Waals surface area (Å²) in [6, 6.07) is 1.16. The second-order valence-electron chi connectivity index (χ2n) is 5.61. The van der Waals surface area contributed by atoms with Crippen molar-refractivity contribution in [3.05, 3.63) is 0 Å². The van der Waals surface area contributed by atoms with Crippen LogP contribution in [0, 0.1) is 5.92 Å². The van der Waals surface area contributed by atoms with Gasteiger partial charge in [0.1, 0.15) is 0 Å². The molecule has 2 unspecified atom stereocenters. The topological polar surface area (TPSA) is 41.1 Å². The minimum absolute atomic E-state index is 0.239. The fraction of sp³-hybridized carbons (Fsp3) is 0.929. The maximum absolute atomic E-state index is 11.8. The van der Waals surface area contributed by atoms with Crippen molar-refractivity contribution in [2.45, 2.75) is 70.4 Å². The normalized spacial score (nSPS) is 29.0. The lowest BCUT2D eigenvalue weighted by molar-refractivity contribution is -0.122. The van der Waals surface area contributed by atoms with Gasteiger partial charge in [-0.15, -0.1) is 0 Å². The van der Waals surface area contributed by atoms with E-state index < -0.39 is 0 Å². The summed E-state index contributed by atoms with van der Waals surface area (Å²) in [7, 11) is 0. The van der Waals surface area contributed by atoms with E-state index in [-0.39, 0.29) is 5.91 Å². The molecule has 2 aliphatic rings. The second kappa shape index (κ2) is 6.39. The predicted octanol–water partition coefficient (Wildman–Crippen LogP) is 2.21. The first-order chi connectivity index (χ1) is 8.29. The monoisotopic (exact) mass is 238 g/mol. The van der Waals surface area contributed by atoms with Gasteiger partial charge in [0, 0.05) is 25.0 Å². The van der Waals surface area contributed by atoms with Gasteiger partial charge in [-0.2, -0.15) is 0 Å². The molecule has 3 heteroatoms. The van der Waals surface area contributed by atoms with E-state index in [2.05, 4.69) is 17.6 Å². The summed E-state index contributed by atoms with van der Waals surface area (Å²) in [4.78, 5) is 11.8. The fourth-order valence-corrected chi connectivity index (χ4v) is 2.84. The molecule has 0 bridgehead atoms. The van der Waals surface area contributed by atoms with Gasteiger partial charge in [-0.05, 0) is 31.6 Å². The number of rotatable bonds is 6. The number of carbonyl (C=O) groups is 1. The third kappa shape index (κ3) is 4.30. The molecule has 2 atom stereocenters. The maximum atomic E-state index is 11.8. The van der Waals surface area contributed by atoms with Gasteiger partial charge < -0.3 is 10.6 Å². The van der Waals surface area contributed by atoms with Crippen LogP contribution >= 0.6 is 0 Å². The van der Waals surface area contributed by atoms with Crippen LogP contribution in [0.3, 0.4) is 0 Å². The first-order valence-corrected chi connectivity index (χ1v) is 7.32. The lowest BCUT2D eigenvalue weighted by Crippen LogP contribution is -2.42. The Hall–Kier alpha value is -0.570. The summed E-state index contributed by atoms with van der Waals surface area (Å²) in [5, 5.41) is 6.62. The average molecular weight is 238 g/mol. The van der Waals surface area contributed by atoms with E-state index in [1.807, 2.05) is 0 Å². The highest BCUT2D eigenvalue weighted by Gasteiger charge is 2.25. The number of nitrogens with one attached hydrogen (secondary N) is 2. The quantitative estimate of drug-likeness (QED) is 0.745. The summed E-state index contributed by atoms with van der Waals surface area (Å²) < 4.78 is 0. The van der Waals surface area contributed by atoms with Crippen molar-refractivity contribution < 1.29 is 4.79 Å². The molecule has 0 aromatic heterocycles. The molecule has 2 saturated carbocycles. The molecule has 0 aromatic rings. The van der Waals surface area contributed by atoms with Crippen LogP contribution < -0.4 is 10.6 Å². The molecule has 1 amide bonds. The van der Waals surface area contributed by atoms with Gasteiger partial charge in [0.25, 0.3) is 0 Å². The number of carbonyl (C=O) groups excluding carboxylic acids is 1. The predicted molar refractivity (Wildman–Crippen MR) is 69.8 cm³/mol. The highest BCUT2D eigenvalue weighted by molar-refractivity contribution is 5.76. The zero-order valence-electron chi connectivity index (χ0n) is 11.0. The Balaban J connectivity index is 1.64. The van der Waals surface area contributed by atoms with Crippen LogP contribution in [0.5, 0.6) is 0 Å². The molecule has 0 heterocycles. The van der Waals surface area contributed by atoms with Crippen molar-refractivity contribution in [2.24, 2.45) is 5.92 Å². The second-order valence-corrected chi connectivity index (χ2v) is 5.61. The Labute approximate surface area is 105 Å². The zero-order chi connectivity index (χ0) is 12.1. The number of hydrogen-bond acceptors (Lipinski definition) is 2. The van der Waals surface area contributed by atoms with Crippen molar-refractivity contribution >= 4 is 5.91 Å². The molecule has 0 saturated heterocycles. The van der Waals surface area contributed by atoms with Crippen LogP contribution in [0.15, 0.2) is 0 Å². The van der Waals surface area contributed by atoms with E-state index in [0.717, 1.165) is 6.54 Å². The minimum atomic E-state index is 0.239. The smallest absolute Gasteiger partial charge is 0.221 e. The summed E-state index contributed by atoms with van der Waals surface area (Å²) >= 11 is 0. The van der Waals surface area contributed by atoms with Gasteiger partial charge in [0.2, 0.25) is 5.91 Å². The van der Waals surface area contributed by atoms with Gasteiger partial charge in [-0.25, -0.2) is 0 Å². The van der Waals surface area contributed by atoms with Crippen LogP contribution in [0.2, 0.25) is 0 Å². The summed E-state index contributed by atoms with van der Waals surface area (Å²) in [5.41, 5.74) is 0. The molecule has 2 rings (SSSR count). The molecule has 0 radical (unpaired) electrons. The molecule has 0 aromatic carbocycles. The minimum Gasteiger partial charge on any atom is -0.353 e. The fourth-order valence-electron chi connectivity index (χ4n) is 2.84. The highest BCUT2D eigenvalue weighted by atomic mass is 16.1. The molecular weight excluding hydrogens is 212 g/mol. The van der Waals surface area contributed by atoms with Gasteiger partial charge in [0.15, 0.2) is 0 Å². The van der Waals surface area contributed by atoms with Crippen LogP contribution in [-0.4, -0.2) is 24.5 Å². The van der Waals surface area contributed by atoms with E-state index in [1.54, 1.807) is 0 Å². The maximum Gasteiger partial charge on any atom is 0.221 e. The van der Waals surface area contributed by atoms with E-state index >= 15 is 0 Å². The van der Waals surface area contributed by atoms with E-state index in [1.165, 1.54) is 44.9 Å². The molecule has 3 nitrogen and oxygen atoms in total. The molecule has 2 aliphatic carbocycles. The summed E-state index contributed by atoms with van der Waals surface area (Å²) in [5.74, 6) is 0.951. The zero-order valence-corrected chi connectivity index (χ0v) is 11.0. The summed E-state index contributed by atoms with van der Waals surface area (Å²) in [6.07, 6.45) is 9.52. The van der Waals surface area contributed by atoms with Crippen LogP contribution in [0.25, 0.3) is 0 Å². The third-order valence-electron chi connectivity index (χ3n) is 4.14. The molecule has 2 N–H and O–H groups in total. The number of amides is 1. The Bertz CT molecular complexity index is 251.